The molecule has 0 aliphatic rings. The number of alkyl halides is 3. The second-order valence-corrected chi connectivity index (χ2v) is 6.84. The topological polar surface area (TPSA) is 98.7 Å². The van der Waals surface area contributed by atoms with Crippen LogP contribution in [0.2, 0.25) is 5.02 Å². The molecule has 1 aromatic carbocycles. The number of benzene rings is 1. The highest BCUT2D eigenvalue weighted by molar-refractivity contribution is 6.30. The van der Waals surface area contributed by atoms with E-state index in [-0.39, 0.29) is 12.5 Å². The van der Waals surface area contributed by atoms with E-state index in [9.17, 15) is 22.4 Å². The van der Waals surface area contributed by atoms with Crippen molar-refractivity contribution in [2.75, 3.05) is 12.3 Å². The maximum atomic E-state index is 13.4. The van der Waals surface area contributed by atoms with E-state index in [0.717, 1.165) is 11.8 Å². The molecule has 158 valence electrons. The highest BCUT2D eigenvalue weighted by Crippen LogP contribution is 2.31. The Morgan fingerprint density at radius 3 is 2.57 bits per heavy atom. The molecule has 2 aromatic heterocycles. The lowest BCUT2D eigenvalue weighted by Gasteiger charge is -2.13. The lowest BCUT2D eigenvalue weighted by molar-refractivity contribution is -0.141. The number of carbonyl (C=O) groups excluding carboxylic acids is 1. The zero-order chi connectivity index (χ0) is 22.1. The highest BCUT2D eigenvalue weighted by atomic mass is 35.5. The van der Waals surface area contributed by atoms with Crippen molar-refractivity contribution in [2.24, 2.45) is 0 Å². The average Bonchev–Trinajstić information content (AvgIpc) is 3.14. The van der Waals surface area contributed by atoms with Gasteiger partial charge in [-0.2, -0.15) is 23.3 Å². The van der Waals surface area contributed by atoms with Crippen molar-refractivity contribution >= 4 is 23.3 Å². The summed E-state index contributed by atoms with van der Waals surface area (Å²) < 4.78 is 54.0. The first-order valence-electron chi connectivity index (χ1n) is 8.55. The van der Waals surface area contributed by atoms with Gasteiger partial charge in [-0.15, -0.1) is 0 Å². The van der Waals surface area contributed by atoms with Crippen LogP contribution >= 0.6 is 11.6 Å². The first-order valence-corrected chi connectivity index (χ1v) is 8.93. The van der Waals surface area contributed by atoms with Crippen molar-refractivity contribution in [3.63, 3.8) is 0 Å². The quantitative estimate of drug-likeness (QED) is 0.588. The molecule has 3 aromatic rings. The van der Waals surface area contributed by atoms with Crippen LogP contribution in [0.15, 0.2) is 36.7 Å². The summed E-state index contributed by atoms with van der Waals surface area (Å²) in [7, 11) is 0. The number of nitrogens with one attached hydrogen (secondary N) is 1. The summed E-state index contributed by atoms with van der Waals surface area (Å²) >= 11 is 5.83. The summed E-state index contributed by atoms with van der Waals surface area (Å²) in [5.74, 6) is -3.07. The molecule has 0 bridgehead atoms. The number of nitrogens with two attached hydrogens (primary N) is 1. The van der Waals surface area contributed by atoms with Crippen molar-refractivity contribution < 1.29 is 22.4 Å². The lowest BCUT2D eigenvalue weighted by Crippen LogP contribution is -2.29. The van der Waals surface area contributed by atoms with Gasteiger partial charge in [-0.25, -0.2) is 14.1 Å². The monoisotopic (exact) mass is 442 g/mol. The van der Waals surface area contributed by atoms with Gasteiger partial charge < -0.3 is 11.1 Å². The Balaban J connectivity index is 1.84. The molecule has 0 saturated heterocycles. The maximum Gasteiger partial charge on any atom is 0.435 e. The maximum absolute atomic E-state index is 13.4. The van der Waals surface area contributed by atoms with Crippen LogP contribution in [0.3, 0.4) is 0 Å². The molecule has 2 heterocycles. The fourth-order valence-electron chi connectivity index (χ4n) is 2.58. The number of nitrogens with zero attached hydrogens (tertiary/aromatic N) is 4. The molecule has 0 fully saturated rings. The number of carbonyl (C=O) groups is 1. The Morgan fingerprint density at radius 1 is 1.30 bits per heavy atom. The van der Waals surface area contributed by atoms with E-state index in [2.05, 4.69) is 20.4 Å². The fraction of sp³-hybridized carbons (Fsp3) is 0.222. The summed E-state index contributed by atoms with van der Waals surface area (Å²) in [6.45, 7) is 1.87. The smallest absolute Gasteiger partial charge is 0.381 e. The second-order valence-electron chi connectivity index (χ2n) is 6.40. The van der Waals surface area contributed by atoms with Gasteiger partial charge in [0, 0.05) is 17.8 Å². The average molecular weight is 443 g/mol. The number of hydrogen-bond donors (Lipinski definition) is 2. The molecule has 1 atom stereocenters. The zero-order valence-electron chi connectivity index (χ0n) is 15.4. The molecule has 0 radical (unpaired) electrons. The minimum Gasteiger partial charge on any atom is -0.381 e. The molecule has 1 amide bonds. The van der Waals surface area contributed by atoms with Crippen molar-refractivity contribution in [1.82, 2.24) is 25.1 Å². The fourth-order valence-corrected chi connectivity index (χ4v) is 2.71. The van der Waals surface area contributed by atoms with Crippen LogP contribution in [0.5, 0.6) is 0 Å². The van der Waals surface area contributed by atoms with Crippen LogP contribution < -0.4 is 11.1 Å². The molecular weight excluding hydrogens is 428 g/mol. The standard InChI is InChI=1S/C18H15ClF4N6O/c1-9(10-2-4-11(19)5-3-10)6-25-16(30)12-8-29(28-14(12)18(21,22)23)17-26-7-13(20)15(24)27-17/h2-5,7-9H,6H2,1H3,(H,25,30)(H2,24,26,27). The van der Waals surface area contributed by atoms with E-state index < -0.39 is 40.9 Å². The van der Waals surface area contributed by atoms with E-state index in [0.29, 0.717) is 15.9 Å². The van der Waals surface area contributed by atoms with E-state index in [1.807, 2.05) is 0 Å². The third-order valence-corrected chi connectivity index (χ3v) is 4.45. The van der Waals surface area contributed by atoms with Gasteiger partial charge in [-0.05, 0) is 23.6 Å². The SMILES string of the molecule is CC(CNC(=O)c1cn(-c2ncc(F)c(N)n2)nc1C(F)(F)F)c1ccc(Cl)cc1. The van der Waals surface area contributed by atoms with E-state index in [1.165, 1.54) is 0 Å². The van der Waals surface area contributed by atoms with Gasteiger partial charge in [-0.1, -0.05) is 30.7 Å². The predicted octanol–water partition coefficient (Wildman–Crippen LogP) is 3.59. The minimum atomic E-state index is -4.91. The van der Waals surface area contributed by atoms with E-state index in [1.54, 1.807) is 31.2 Å². The number of nitrogen functional groups attached to an aromatic ring is 1. The summed E-state index contributed by atoms with van der Waals surface area (Å²) in [4.78, 5) is 19.5. The molecule has 0 aliphatic heterocycles. The number of aromatic nitrogens is 4. The first kappa shape index (κ1) is 21.5. The van der Waals surface area contributed by atoms with Gasteiger partial charge in [0.25, 0.3) is 11.9 Å². The Hall–Kier alpha value is -3.21. The minimum absolute atomic E-state index is 0.0724. The molecule has 7 nitrogen and oxygen atoms in total. The molecule has 0 aliphatic carbocycles. The van der Waals surface area contributed by atoms with Gasteiger partial charge in [0.2, 0.25) is 0 Å². The van der Waals surface area contributed by atoms with Gasteiger partial charge in [-0.3, -0.25) is 4.79 Å². The van der Waals surface area contributed by atoms with Crippen LogP contribution in [-0.2, 0) is 6.18 Å². The number of amides is 1. The molecular formula is C18H15ClF4N6O. The molecule has 30 heavy (non-hydrogen) atoms. The number of hydrogen-bond acceptors (Lipinski definition) is 5. The van der Waals surface area contributed by atoms with Crippen molar-refractivity contribution in [2.45, 2.75) is 19.0 Å². The van der Waals surface area contributed by atoms with Crippen molar-refractivity contribution in [1.29, 1.82) is 0 Å². The Kier molecular flexibility index (Phi) is 5.92. The predicted molar refractivity (Wildman–Crippen MR) is 101 cm³/mol. The Morgan fingerprint density at radius 2 is 1.97 bits per heavy atom. The van der Waals surface area contributed by atoms with Crippen LogP contribution in [0.25, 0.3) is 5.95 Å². The largest absolute Gasteiger partial charge is 0.435 e. The third kappa shape index (κ3) is 4.67. The number of rotatable bonds is 5. The molecule has 12 heteroatoms. The summed E-state index contributed by atoms with van der Waals surface area (Å²) in [6.07, 6.45) is -3.40. The Bertz CT molecular complexity index is 1070. The first-order chi connectivity index (χ1) is 14.1. The van der Waals surface area contributed by atoms with E-state index >= 15 is 0 Å². The van der Waals surface area contributed by atoms with Crippen molar-refractivity contribution in [3.05, 3.63) is 64.3 Å². The van der Waals surface area contributed by atoms with Crippen LogP contribution in [0.4, 0.5) is 23.4 Å². The van der Waals surface area contributed by atoms with Crippen LogP contribution in [0, 0.1) is 5.82 Å². The summed E-state index contributed by atoms with van der Waals surface area (Å²) in [5, 5.41) is 6.35. The van der Waals surface area contributed by atoms with Crippen LogP contribution in [0.1, 0.15) is 34.5 Å². The normalized spacial score (nSPS) is 12.6. The van der Waals surface area contributed by atoms with E-state index in [4.69, 9.17) is 17.3 Å². The van der Waals surface area contributed by atoms with Gasteiger partial charge in [0.05, 0.1) is 11.8 Å². The van der Waals surface area contributed by atoms with Gasteiger partial charge in [0.1, 0.15) is 0 Å². The third-order valence-electron chi connectivity index (χ3n) is 4.20. The molecule has 1 unspecified atom stereocenters. The summed E-state index contributed by atoms with van der Waals surface area (Å²) in [5.41, 5.74) is 4.02. The van der Waals surface area contributed by atoms with Crippen LogP contribution in [-0.4, -0.2) is 32.2 Å². The van der Waals surface area contributed by atoms with Gasteiger partial charge >= 0.3 is 6.18 Å². The summed E-state index contributed by atoms with van der Waals surface area (Å²) in [6, 6.07) is 6.87. The number of anilines is 1. The van der Waals surface area contributed by atoms with Crippen molar-refractivity contribution in [3.8, 4) is 5.95 Å². The molecule has 3 rings (SSSR count). The highest BCUT2D eigenvalue weighted by Gasteiger charge is 2.39. The zero-order valence-corrected chi connectivity index (χ0v) is 16.2. The number of halogens is 5. The Labute approximate surface area is 172 Å². The molecule has 0 spiro atoms. The molecule has 3 N–H and O–H groups in total. The lowest BCUT2D eigenvalue weighted by atomic mass is 10.0. The molecule has 0 saturated carbocycles. The second kappa shape index (κ2) is 8.27. The van der Waals surface area contributed by atoms with Gasteiger partial charge in [0.15, 0.2) is 17.3 Å².